The number of hydrogen-bond acceptors (Lipinski definition) is 4. The van der Waals surface area contributed by atoms with Crippen molar-refractivity contribution in [3.63, 3.8) is 0 Å². The number of amides is 1. The van der Waals surface area contributed by atoms with E-state index in [0.29, 0.717) is 5.11 Å². The quantitative estimate of drug-likeness (QED) is 0.703. The van der Waals surface area contributed by atoms with Crippen molar-refractivity contribution in [2.45, 2.75) is 52.2 Å². The molecule has 6 nitrogen and oxygen atoms in total. The van der Waals surface area contributed by atoms with Crippen LogP contribution in [-0.2, 0) is 4.79 Å². The van der Waals surface area contributed by atoms with Crippen LogP contribution >= 0.6 is 24.4 Å². The Bertz CT molecular complexity index is 509. The second kappa shape index (κ2) is 7.93. The lowest BCUT2D eigenvalue weighted by molar-refractivity contribution is -0.120. The molecule has 8 heteroatoms. The Morgan fingerprint density at radius 1 is 1.38 bits per heavy atom. The number of carbonyl (C=O) groups excluding carboxylic acids is 1. The molecule has 2 heterocycles. The van der Waals surface area contributed by atoms with Crippen LogP contribution < -0.4 is 10.6 Å². The summed E-state index contributed by atoms with van der Waals surface area (Å²) in [5.41, 5.74) is -0.467. The average molecular weight is 372 g/mol. The van der Waals surface area contributed by atoms with E-state index in [1.165, 1.54) is 0 Å². The van der Waals surface area contributed by atoms with E-state index in [9.17, 15) is 4.79 Å². The molecule has 2 aliphatic rings. The summed E-state index contributed by atoms with van der Waals surface area (Å²) in [7, 11) is 0. The Morgan fingerprint density at radius 3 is 2.50 bits per heavy atom. The third-order valence-corrected chi connectivity index (χ3v) is 5.78. The molecule has 0 saturated carbocycles. The summed E-state index contributed by atoms with van der Waals surface area (Å²) >= 11 is 11.3. The fourth-order valence-corrected chi connectivity index (χ4v) is 4.36. The van der Waals surface area contributed by atoms with Crippen LogP contribution in [0.1, 0.15) is 40.5 Å². The molecule has 2 fully saturated rings. The summed E-state index contributed by atoms with van der Waals surface area (Å²) in [6.45, 7) is 12.4. The number of piperazine rings is 1. The number of nitrogens with zero attached hydrogens (tertiary/aromatic N) is 3. The maximum Gasteiger partial charge on any atom is 0.245 e. The smallest absolute Gasteiger partial charge is 0.245 e. The Hall–Kier alpha value is -0.990. The van der Waals surface area contributed by atoms with Crippen LogP contribution in [0, 0.1) is 0 Å². The van der Waals surface area contributed by atoms with Crippen LogP contribution in [0.25, 0.3) is 0 Å². The largest absolute Gasteiger partial charge is 0.349 e. The first-order chi connectivity index (χ1) is 11.4. The van der Waals surface area contributed by atoms with Gasteiger partial charge in [0.1, 0.15) is 12.2 Å². The molecule has 2 N–H and O–H groups in total. The second-order valence-corrected chi connectivity index (χ2v) is 7.38. The number of rotatable bonds is 5. The maximum absolute atomic E-state index is 11.8. The van der Waals surface area contributed by atoms with Gasteiger partial charge in [0.25, 0.3) is 0 Å². The van der Waals surface area contributed by atoms with E-state index < -0.39 is 5.66 Å². The van der Waals surface area contributed by atoms with E-state index in [2.05, 4.69) is 48.1 Å². The third kappa shape index (κ3) is 3.50. The minimum atomic E-state index is -0.467. The van der Waals surface area contributed by atoms with Gasteiger partial charge in [0, 0.05) is 32.2 Å². The predicted octanol–water partition coefficient (Wildman–Crippen LogP) is 1.12. The van der Waals surface area contributed by atoms with E-state index in [1.807, 2.05) is 4.90 Å². The minimum absolute atomic E-state index is 0.0520. The molecule has 0 bridgehead atoms. The molecule has 2 rings (SSSR count). The van der Waals surface area contributed by atoms with Gasteiger partial charge >= 0.3 is 0 Å². The average Bonchev–Trinajstić information content (AvgIpc) is 2.88. The zero-order valence-electron chi connectivity index (χ0n) is 15.1. The van der Waals surface area contributed by atoms with Gasteiger partial charge in [-0.15, -0.1) is 0 Å². The molecular formula is C16H29N5OS2. The van der Waals surface area contributed by atoms with E-state index in [0.717, 1.165) is 44.1 Å². The first kappa shape index (κ1) is 19.3. The van der Waals surface area contributed by atoms with Crippen molar-refractivity contribution in [1.29, 1.82) is 0 Å². The molecule has 0 aliphatic carbocycles. The predicted molar refractivity (Wildman–Crippen MR) is 105 cm³/mol. The second-order valence-electron chi connectivity index (χ2n) is 6.63. The zero-order chi connectivity index (χ0) is 17.9. The summed E-state index contributed by atoms with van der Waals surface area (Å²) < 4.78 is 0. The highest BCUT2D eigenvalue weighted by molar-refractivity contribution is 7.80. The van der Waals surface area contributed by atoms with Crippen molar-refractivity contribution in [2.75, 3.05) is 32.7 Å². The lowest BCUT2D eigenvalue weighted by Crippen LogP contribution is -2.74. The molecule has 0 aromatic carbocycles. The van der Waals surface area contributed by atoms with Crippen LogP contribution in [0.2, 0.25) is 0 Å². The van der Waals surface area contributed by atoms with Crippen LogP contribution in [0.4, 0.5) is 0 Å². The van der Waals surface area contributed by atoms with Crippen molar-refractivity contribution < 1.29 is 4.79 Å². The first-order valence-electron chi connectivity index (χ1n) is 8.77. The first-order valence-corrected chi connectivity index (χ1v) is 9.59. The van der Waals surface area contributed by atoms with Gasteiger partial charge in [-0.1, -0.05) is 13.8 Å². The van der Waals surface area contributed by atoms with Crippen molar-refractivity contribution in [3.05, 3.63) is 0 Å². The highest BCUT2D eigenvalue weighted by Crippen LogP contribution is 2.30. The van der Waals surface area contributed by atoms with Crippen LogP contribution in [-0.4, -0.2) is 75.3 Å². The summed E-state index contributed by atoms with van der Waals surface area (Å²) in [6.07, 6.45) is 2.11. The number of thiocarbonyl (C=S) groups is 2. The van der Waals surface area contributed by atoms with Crippen molar-refractivity contribution >= 4 is 40.6 Å². The Balaban J connectivity index is 2.32. The summed E-state index contributed by atoms with van der Waals surface area (Å²) in [5.74, 6) is -0.0520. The van der Waals surface area contributed by atoms with E-state index >= 15 is 0 Å². The van der Waals surface area contributed by atoms with Gasteiger partial charge in [0.15, 0.2) is 10.2 Å². The molecule has 0 aromatic heterocycles. The monoisotopic (exact) mass is 371 g/mol. The fraction of sp³-hybridized carbons (Fsp3) is 0.812. The number of carbonyl (C=O) groups is 1. The molecule has 136 valence electrons. The number of hydrogen-bond donors (Lipinski definition) is 2. The summed E-state index contributed by atoms with van der Waals surface area (Å²) in [4.78, 5) is 18.4. The van der Waals surface area contributed by atoms with Crippen LogP contribution in [0.5, 0.6) is 0 Å². The van der Waals surface area contributed by atoms with Crippen molar-refractivity contribution in [1.82, 2.24) is 25.3 Å². The van der Waals surface area contributed by atoms with Crippen LogP contribution in [0.3, 0.4) is 0 Å². The fourth-order valence-electron chi connectivity index (χ4n) is 3.54. The van der Waals surface area contributed by atoms with Gasteiger partial charge in [-0.05, 0) is 51.1 Å². The highest BCUT2D eigenvalue weighted by Gasteiger charge is 2.50. The lowest BCUT2D eigenvalue weighted by Gasteiger charge is -2.55. The lowest BCUT2D eigenvalue weighted by atomic mass is 9.97. The molecule has 2 atom stereocenters. The SMILES string of the molecule is CCCN(CCC)C(=S)N1CCNC(C)C1(C)N1CC(=O)NC1=S. The van der Waals surface area contributed by atoms with Gasteiger partial charge in [0.05, 0.1) is 0 Å². The van der Waals surface area contributed by atoms with Gasteiger partial charge in [-0.3, -0.25) is 4.79 Å². The molecule has 0 spiro atoms. The van der Waals surface area contributed by atoms with Crippen LogP contribution in [0.15, 0.2) is 0 Å². The molecule has 0 radical (unpaired) electrons. The number of nitrogens with one attached hydrogen (secondary N) is 2. The van der Waals surface area contributed by atoms with E-state index in [4.69, 9.17) is 24.4 Å². The molecule has 2 aliphatic heterocycles. The molecule has 24 heavy (non-hydrogen) atoms. The van der Waals surface area contributed by atoms with E-state index in [-0.39, 0.29) is 18.5 Å². The molecule has 2 saturated heterocycles. The normalized spacial score (nSPS) is 27.4. The molecular weight excluding hydrogens is 342 g/mol. The highest BCUT2D eigenvalue weighted by atomic mass is 32.1. The van der Waals surface area contributed by atoms with E-state index in [1.54, 1.807) is 0 Å². The Kier molecular flexibility index (Phi) is 6.39. The van der Waals surface area contributed by atoms with Crippen molar-refractivity contribution in [2.24, 2.45) is 0 Å². The Labute approximate surface area is 155 Å². The van der Waals surface area contributed by atoms with Gasteiger partial charge in [-0.25, -0.2) is 0 Å². The van der Waals surface area contributed by atoms with Gasteiger partial charge < -0.3 is 25.3 Å². The molecule has 2 unspecified atom stereocenters. The Morgan fingerprint density at radius 2 is 2.00 bits per heavy atom. The minimum Gasteiger partial charge on any atom is -0.349 e. The molecule has 0 aromatic rings. The third-order valence-electron chi connectivity index (χ3n) is 4.98. The topological polar surface area (TPSA) is 50.9 Å². The zero-order valence-corrected chi connectivity index (χ0v) is 16.7. The van der Waals surface area contributed by atoms with Gasteiger partial charge in [-0.2, -0.15) is 0 Å². The van der Waals surface area contributed by atoms with Gasteiger partial charge in [0.2, 0.25) is 5.91 Å². The molecule has 1 amide bonds. The maximum atomic E-state index is 11.8. The van der Waals surface area contributed by atoms with Crippen molar-refractivity contribution in [3.8, 4) is 0 Å². The summed E-state index contributed by atoms with van der Waals surface area (Å²) in [5, 5.41) is 7.62. The summed E-state index contributed by atoms with van der Waals surface area (Å²) in [6, 6.07) is 0.125. The standard InChI is InChI=1S/C16H29N5OS2/c1-5-8-19(9-6-2)15(24)20-10-7-17-12(3)16(20,4)21-11-13(22)18-14(21)23/h12,17H,5-11H2,1-4H3,(H,18,22,23).